The Labute approximate surface area is 75.5 Å². The van der Waals surface area contributed by atoms with Gasteiger partial charge in [-0.2, -0.15) is 0 Å². The number of hydrogen-bond acceptors (Lipinski definition) is 4. The number of rotatable bonds is 2. The molecule has 0 aromatic carbocycles. The van der Waals surface area contributed by atoms with Crippen molar-refractivity contribution in [3.8, 4) is 0 Å². The highest BCUT2D eigenvalue weighted by molar-refractivity contribution is 5.96. The summed E-state index contributed by atoms with van der Waals surface area (Å²) >= 11 is 0. The van der Waals surface area contributed by atoms with Gasteiger partial charge < -0.3 is 4.74 Å². The summed E-state index contributed by atoms with van der Waals surface area (Å²) in [6.45, 7) is 1.62. The van der Waals surface area contributed by atoms with Crippen molar-refractivity contribution in [3.05, 3.63) is 30.1 Å². The van der Waals surface area contributed by atoms with Crippen LogP contribution in [0.1, 0.15) is 23.7 Å². The molecule has 0 atom stereocenters. The number of aromatic nitrogens is 1. The fraction of sp³-hybridized carbons (Fsp3) is 0.222. The average Bonchev–Trinajstić information content (AvgIpc) is 2.19. The first kappa shape index (κ1) is 9.38. The zero-order chi connectivity index (χ0) is 9.68. The molecule has 4 heteroatoms. The average molecular weight is 179 g/mol. The van der Waals surface area contributed by atoms with Gasteiger partial charge in [0.15, 0.2) is 0 Å². The van der Waals surface area contributed by atoms with Gasteiger partial charge in [0, 0.05) is 18.8 Å². The fourth-order valence-electron chi connectivity index (χ4n) is 0.718. The number of nitrogens with zero attached hydrogens (tertiary/aromatic N) is 1. The maximum atomic E-state index is 11.1. The van der Waals surface area contributed by atoms with Crippen molar-refractivity contribution >= 4 is 11.9 Å². The number of carbonyl (C=O) groups is 2. The third kappa shape index (κ3) is 2.66. The summed E-state index contributed by atoms with van der Waals surface area (Å²) in [7, 11) is 0. The Hall–Kier alpha value is -1.71. The summed E-state index contributed by atoms with van der Waals surface area (Å²) in [5.74, 6) is -1.19. The zero-order valence-corrected chi connectivity index (χ0v) is 7.19. The van der Waals surface area contributed by atoms with E-state index in [1.54, 1.807) is 19.2 Å². The predicted octanol–water partition coefficient (Wildman–Crippen LogP) is 1.18. The van der Waals surface area contributed by atoms with E-state index >= 15 is 0 Å². The molecule has 0 amide bonds. The van der Waals surface area contributed by atoms with Crippen molar-refractivity contribution < 1.29 is 14.3 Å². The highest BCUT2D eigenvalue weighted by Gasteiger charge is 2.10. The lowest BCUT2D eigenvalue weighted by molar-refractivity contribution is -0.137. The van der Waals surface area contributed by atoms with Gasteiger partial charge in [-0.1, -0.05) is 6.92 Å². The van der Waals surface area contributed by atoms with Gasteiger partial charge in [0.05, 0.1) is 5.56 Å². The summed E-state index contributed by atoms with van der Waals surface area (Å²) in [6.07, 6.45) is 3.08. The van der Waals surface area contributed by atoms with Crippen LogP contribution in [0, 0.1) is 0 Å². The van der Waals surface area contributed by atoms with E-state index in [2.05, 4.69) is 9.72 Å². The van der Waals surface area contributed by atoms with Crippen molar-refractivity contribution in [2.75, 3.05) is 0 Å². The van der Waals surface area contributed by atoms with E-state index in [0.29, 0.717) is 0 Å². The monoisotopic (exact) mass is 179 g/mol. The second-order valence-corrected chi connectivity index (χ2v) is 2.36. The summed E-state index contributed by atoms with van der Waals surface area (Å²) in [5.41, 5.74) is 0.282. The molecule has 0 radical (unpaired) electrons. The third-order valence-corrected chi connectivity index (χ3v) is 1.39. The van der Waals surface area contributed by atoms with Gasteiger partial charge in [-0.05, 0) is 12.1 Å². The van der Waals surface area contributed by atoms with E-state index in [4.69, 9.17) is 0 Å². The number of carbonyl (C=O) groups excluding carboxylic acids is 2. The van der Waals surface area contributed by atoms with Crippen LogP contribution < -0.4 is 0 Å². The van der Waals surface area contributed by atoms with Gasteiger partial charge >= 0.3 is 11.9 Å². The van der Waals surface area contributed by atoms with E-state index in [1.165, 1.54) is 12.3 Å². The van der Waals surface area contributed by atoms with Gasteiger partial charge in [-0.25, -0.2) is 4.79 Å². The maximum absolute atomic E-state index is 11.1. The van der Waals surface area contributed by atoms with Gasteiger partial charge in [0.25, 0.3) is 0 Å². The Bertz CT molecular complexity index is 308. The Morgan fingerprint density at radius 3 is 2.85 bits per heavy atom. The third-order valence-electron chi connectivity index (χ3n) is 1.39. The minimum atomic E-state index is -0.653. The molecule has 68 valence electrons. The predicted molar refractivity (Wildman–Crippen MR) is 45.0 cm³/mol. The van der Waals surface area contributed by atoms with Crippen LogP contribution in [0.2, 0.25) is 0 Å². The quantitative estimate of drug-likeness (QED) is 0.505. The van der Waals surface area contributed by atoms with Crippen LogP contribution in [-0.4, -0.2) is 16.9 Å². The molecule has 0 aliphatic carbocycles. The Kier molecular flexibility index (Phi) is 3.14. The van der Waals surface area contributed by atoms with E-state index < -0.39 is 11.9 Å². The molecule has 0 bridgehead atoms. The number of ether oxygens (including phenoxy) is 1. The normalized spacial score (nSPS) is 9.31. The molecule has 0 aliphatic rings. The van der Waals surface area contributed by atoms with Crippen LogP contribution in [0.15, 0.2) is 24.5 Å². The van der Waals surface area contributed by atoms with Crippen LogP contribution >= 0.6 is 0 Å². The Morgan fingerprint density at radius 2 is 2.31 bits per heavy atom. The lowest BCUT2D eigenvalue weighted by Gasteiger charge is -1.99. The smallest absolute Gasteiger partial charge is 0.347 e. The highest BCUT2D eigenvalue weighted by atomic mass is 16.6. The molecule has 1 aromatic heterocycles. The minimum Gasteiger partial charge on any atom is -0.389 e. The molecule has 0 spiro atoms. The van der Waals surface area contributed by atoms with E-state index in [9.17, 15) is 9.59 Å². The van der Waals surface area contributed by atoms with Crippen molar-refractivity contribution in [3.63, 3.8) is 0 Å². The van der Waals surface area contributed by atoms with Crippen LogP contribution in [0.5, 0.6) is 0 Å². The van der Waals surface area contributed by atoms with E-state index in [-0.39, 0.29) is 12.0 Å². The standard InChI is InChI=1S/C9H9NO3/c1-2-8(11)13-9(12)7-4-3-5-10-6-7/h3-6H,2H2,1H3. The largest absolute Gasteiger partial charge is 0.389 e. The van der Waals surface area contributed by atoms with Crippen LogP contribution in [0.3, 0.4) is 0 Å². The van der Waals surface area contributed by atoms with Crippen LogP contribution in [0.4, 0.5) is 0 Å². The summed E-state index contributed by atoms with van der Waals surface area (Å²) in [6, 6.07) is 3.14. The summed E-state index contributed by atoms with van der Waals surface area (Å²) < 4.78 is 4.47. The van der Waals surface area contributed by atoms with Gasteiger partial charge in [-0.15, -0.1) is 0 Å². The Morgan fingerprint density at radius 1 is 1.54 bits per heavy atom. The molecule has 4 nitrogen and oxygen atoms in total. The first-order chi connectivity index (χ1) is 6.24. The zero-order valence-electron chi connectivity index (χ0n) is 7.19. The maximum Gasteiger partial charge on any atom is 0.347 e. The molecule has 0 aliphatic heterocycles. The molecular weight excluding hydrogens is 170 g/mol. The molecule has 1 aromatic rings. The summed E-state index contributed by atoms with van der Waals surface area (Å²) in [5, 5.41) is 0. The lowest BCUT2D eigenvalue weighted by atomic mass is 10.3. The first-order valence-electron chi connectivity index (χ1n) is 3.89. The van der Waals surface area contributed by atoms with E-state index in [1.807, 2.05) is 0 Å². The number of pyridine rings is 1. The van der Waals surface area contributed by atoms with Crippen LogP contribution in [-0.2, 0) is 9.53 Å². The number of esters is 2. The highest BCUT2D eigenvalue weighted by Crippen LogP contribution is 1.99. The molecule has 1 rings (SSSR count). The van der Waals surface area contributed by atoms with Crippen molar-refractivity contribution in [1.29, 1.82) is 0 Å². The molecule has 0 saturated carbocycles. The van der Waals surface area contributed by atoms with E-state index in [0.717, 1.165) is 0 Å². The molecule has 13 heavy (non-hydrogen) atoms. The summed E-state index contributed by atoms with van der Waals surface area (Å²) in [4.78, 5) is 25.6. The van der Waals surface area contributed by atoms with Crippen LogP contribution in [0.25, 0.3) is 0 Å². The Balaban J connectivity index is 2.65. The lowest BCUT2D eigenvalue weighted by Crippen LogP contribution is -2.11. The van der Waals surface area contributed by atoms with Gasteiger partial charge in [0.2, 0.25) is 0 Å². The van der Waals surface area contributed by atoms with Gasteiger partial charge in [-0.3, -0.25) is 9.78 Å². The molecule has 0 fully saturated rings. The fourth-order valence-corrected chi connectivity index (χ4v) is 0.718. The second-order valence-electron chi connectivity index (χ2n) is 2.36. The molecular formula is C9H9NO3. The van der Waals surface area contributed by atoms with Crippen molar-refractivity contribution in [2.45, 2.75) is 13.3 Å². The molecule has 0 saturated heterocycles. The molecule has 1 heterocycles. The SMILES string of the molecule is CCC(=O)OC(=O)c1cccnc1. The topological polar surface area (TPSA) is 56.3 Å². The second kappa shape index (κ2) is 4.35. The molecule has 0 N–H and O–H groups in total. The van der Waals surface area contributed by atoms with Crippen molar-refractivity contribution in [2.24, 2.45) is 0 Å². The van der Waals surface area contributed by atoms with Gasteiger partial charge in [0.1, 0.15) is 0 Å². The molecule has 0 unspecified atom stereocenters. The van der Waals surface area contributed by atoms with Crippen molar-refractivity contribution in [1.82, 2.24) is 4.98 Å². The minimum absolute atomic E-state index is 0.187. The first-order valence-corrected chi connectivity index (χ1v) is 3.89. The number of hydrogen-bond donors (Lipinski definition) is 0.